The Bertz CT molecular complexity index is 598. The summed E-state index contributed by atoms with van der Waals surface area (Å²) in [4.78, 5) is 19.3. The van der Waals surface area contributed by atoms with Gasteiger partial charge in [-0.15, -0.1) is 11.3 Å². The highest BCUT2D eigenvalue weighted by molar-refractivity contribution is 7.16. The monoisotopic (exact) mass is 324 g/mol. The van der Waals surface area contributed by atoms with Gasteiger partial charge in [0, 0.05) is 24.5 Å². The van der Waals surface area contributed by atoms with Gasteiger partial charge in [-0.05, 0) is 30.9 Å². The topological polar surface area (TPSA) is 51.0 Å². The van der Waals surface area contributed by atoms with Crippen LogP contribution in [0.4, 0.5) is 0 Å². The molecule has 1 aliphatic rings. The summed E-state index contributed by atoms with van der Waals surface area (Å²) in [6.45, 7) is 2.48. The van der Waals surface area contributed by atoms with E-state index in [0.717, 1.165) is 41.7 Å². The highest BCUT2D eigenvalue weighted by atomic mass is 35.5. The molecule has 1 aliphatic heterocycles. The quantitative estimate of drug-likeness (QED) is 0.868. The van der Waals surface area contributed by atoms with Crippen LogP contribution in [0.5, 0.6) is 0 Å². The maximum absolute atomic E-state index is 12.4. The zero-order valence-electron chi connectivity index (χ0n) is 11.6. The molecule has 5 nitrogen and oxygen atoms in total. The van der Waals surface area contributed by atoms with Crippen LogP contribution < -0.4 is 0 Å². The number of amides is 1. The zero-order valence-corrected chi connectivity index (χ0v) is 13.2. The molecule has 1 amide bonds. The van der Waals surface area contributed by atoms with Crippen molar-refractivity contribution in [3.63, 3.8) is 0 Å². The standard InChI is InChI=1S/C14H17ClN4OS/c15-13-4-3-12(21-13)6-14(20)18-5-1-2-11(7-18)8-19-10-16-9-17-19/h3-4,9-11H,1-2,5-8H2. The van der Waals surface area contributed by atoms with Gasteiger partial charge in [0.2, 0.25) is 5.91 Å². The second kappa shape index (κ2) is 6.58. The predicted octanol–water partition coefficient (Wildman–Crippen LogP) is 2.47. The molecule has 0 N–H and O–H groups in total. The summed E-state index contributed by atoms with van der Waals surface area (Å²) in [6.07, 6.45) is 5.92. The lowest BCUT2D eigenvalue weighted by Gasteiger charge is -2.32. The van der Waals surface area contributed by atoms with Crippen LogP contribution in [0.1, 0.15) is 17.7 Å². The minimum absolute atomic E-state index is 0.191. The first kappa shape index (κ1) is 14.5. The molecular weight excluding hydrogens is 308 g/mol. The van der Waals surface area contributed by atoms with Crippen molar-refractivity contribution in [2.45, 2.75) is 25.8 Å². The van der Waals surface area contributed by atoms with Crippen molar-refractivity contribution in [1.82, 2.24) is 19.7 Å². The van der Waals surface area contributed by atoms with Crippen LogP contribution >= 0.6 is 22.9 Å². The maximum atomic E-state index is 12.4. The van der Waals surface area contributed by atoms with Gasteiger partial charge in [-0.25, -0.2) is 4.98 Å². The van der Waals surface area contributed by atoms with Gasteiger partial charge in [0.25, 0.3) is 0 Å². The molecule has 21 heavy (non-hydrogen) atoms. The van der Waals surface area contributed by atoms with E-state index in [2.05, 4.69) is 10.1 Å². The number of likely N-dealkylation sites (tertiary alicyclic amines) is 1. The Kier molecular flexibility index (Phi) is 4.55. The van der Waals surface area contributed by atoms with Crippen LogP contribution in [0, 0.1) is 5.92 Å². The molecule has 2 aromatic rings. The first-order valence-electron chi connectivity index (χ1n) is 7.05. The molecule has 0 spiro atoms. The van der Waals surface area contributed by atoms with Gasteiger partial charge in [0.1, 0.15) is 12.7 Å². The molecule has 1 atom stereocenters. The molecule has 3 rings (SSSR count). The van der Waals surface area contributed by atoms with Gasteiger partial charge < -0.3 is 4.90 Å². The fourth-order valence-corrected chi connectivity index (χ4v) is 3.82. The van der Waals surface area contributed by atoms with Crippen molar-refractivity contribution in [3.05, 3.63) is 34.0 Å². The number of carbonyl (C=O) groups is 1. The van der Waals surface area contributed by atoms with Crippen LogP contribution in [0.25, 0.3) is 0 Å². The lowest BCUT2D eigenvalue weighted by atomic mass is 9.98. The average molecular weight is 325 g/mol. The third kappa shape index (κ3) is 3.83. The number of piperidine rings is 1. The molecular formula is C14H17ClN4OS. The van der Waals surface area contributed by atoms with Crippen molar-refractivity contribution in [2.75, 3.05) is 13.1 Å². The molecule has 2 aromatic heterocycles. The highest BCUT2D eigenvalue weighted by Crippen LogP contribution is 2.24. The third-order valence-corrected chi connectivity index (χ3v) is 4.97. The van der Waals surface area contributed by atoms with Crippen molar-refractivity contribution >= 4 is 28.8 Å². The molecule has 0 aliphatic carbocycles. The van der Waals surface area contributed by atoms with Crippen LogP contribution in [0.3, 0.4) is 0 Å². The first-order chi connectivity index (χ1) is 10.2. The number of aromatic nitrogens is 3. The fraction of sp³-hybridized carbons (Fsp3) is 0.500. The zero-order chi connectivity index (χ0) is 14.7. The lowest BCUT2D eigenvalue weighted by molar-refractivity contribution is -0.132. The van der Waals surface area contributed by atoms with Gasteiger partial charge in [-0.2, -0.15) is 5.10 Å². The van der Waals surface area contributed by atoms with E-state index in [9.17, 15) is 4.79 Å². The number of rotatable bonds is 4. The number of carbonyl (C=O) groups excluding carboxylic acids is 1. The Morgan fingerprint density at radius 3 is 3.10 bits per heavy atom. The van der Waals surface area contributed by atoms with Gasteiger partial charge in [-0.1, -0.05) is 11.6 Å². The van der Waals surface area contributed by atoms with Crippen molar-refractivity contribution < 1.29 is 4.79 Å². The largest absolute Gasteiger partial charge is 0.342 e. The predicted molar refractivity (Wildman–Crippen MR) is 82.4 cm³/mol. The molecule has 0 aromatic carbocycles. The maximum Gasteiger partial charge on any atom is 0.227 e. The SMILES string of the molecule is O=C(Cc1ccc(Cl)s1)N1CCCC(Cn2cncn2)C1. The summed E-state index contributed by atoms with van der Waals surface area (Å²) in [7, 11) is 0. The van der Waals surface area contributed by atoms with Crippen LogP contribution in [0.2, 0.25) is 4.34 Å². The molecule has 0 radical (unpaired) electrons. The van der Waals surface area contributed by atoms with Crippen molar-refractivity contribution in [3.8, 4) is 0 Å². The summed E-state index contributed by atoms with van der Waals surface area (Å²) in [5.41, 5.74) is 0. The van der Waals surface area contributed by atoms with E-state index in [4.69, 9.17) is 11.6 Å². The Labute approximate surface area is 132 Å². The van der Waals surface area contributed by atoms with Crippen molar-refractivity contribution in [1.29, 1.82) is 0 Å². The highest BCUT2D eigenvalue weighted by Gasteiger charge is 2.24. The van der Waals surface area contributed by atoms with E-state index < -0.39 is 0 Å². The molecule has 3 heterocycles. The van der Waals surface area contributed by atoms with Crippen LogP contribution in [-0.2, 0) is 17.8 Å². The smallest absolute Gasteiger partial charge is 0.227 e. The number of thiophene rings is 1. The second-order valence-corrected chi connectivity index (χ2v) is 7.15. The minimum Gasteiger partial charge on any atom is -0.342 e. The number of hydrogen-bond donors (Lipinski definition) is 0. The molecule has 1 saturated heterocycles. The Hall–Kier alpha value is -1.40. The van der Waals surface area contributed by atoms with Crippen LogP contribution in [0.15, 0.2) is 24.8 Å². The van der Waals surface area contributed by atoms with E-state index in [1.54, 1.807) is 12.7 Å². The fourth-order valence-electron chi connectivity index (χ4n) is 2.74. The summed E-state index contributed by atoms with van der Waals surface area (Å²) in [5.74, 6) is 0.646. The Morgan fingerprint density at radius 2 is 2.38 bits per heavy atom. The number of halogens is 1. The van der Waals surface area contributed by atoms with Gasteiger partial charge in [0.15, 0.2) is 0 Å². The molecule has 1 unspecified atom stereocenters. The van der Waals surface area contributed by atoms with E-state index in [1.807, 2.05) is 21.7 Å². The number of nitrogens with zero attached hydrogens (tertiary/aromatic N) is 4. The summed E-state index contributed by atoms with van der Waals surface area (Å²) in [6, 6.07) is 3.78. The third-order valence-electron chi connectivity index (χ3n) is 3.74. The summed E-state index contributed by atoms with van der Waals surface area (Å²) >= 11 is 7.39. The Morgan fingerprint density at radius 1 is 1.48 bits per heavy atom. The second-order valence-electron chi connectivity index (χ2n) is 5.35. The van der Waals surface area contributed by atoms with Crippen LogP contribution in [-0.4, -0.2) is 38.7 Å². The number of hydrogen-bond acceptors (Lipinski definition) is 4. The van der Waals surface area contributed by atoms with Gasteiger partial charge >= 0.3 is 0 Å². The van der Waals surface area contributed by atoms with E-state index in [1.165, 1.54) is 11.3 Å². The van der Waals surface area contributed by atoms with E-state index >= 15 is 0 Å². The van der Waals surface area contributed by atoms with Gasteiger partial charge in [-0.3, -0.25) is 9.48 Å². The summed E-state index contributed by atoms with van der Waals surface area (Å²) < 4.78 is 2.58. The Balaban J connectivity index is 1.56. The molecule has 0 saturated carbocycles. The van der Waals surface area contributed by atoms with Crippen molar-refractivity contribution in [2.24, 2.45) is 5.92 Å². The minimum atomic E-state index is 0.191. The van der Waals surface area contributed by atoms with E-state index in [0.29, 0.717) is 12.3 Å². The molecule has 7 heteroatoms. The summed E-state index contributed by atoms with van der Waals surface area (Å²) in [5, 5.41) is 4.14. The lowest BCUT2D eigenvalue weighted by Crippen LogP contribution is -2.41. The normalized spacial score (nSPS) is 18.9. The van der Waals surface area contributed by atoms with Gasteiger partial charge in [0.05, 0.1) is 10.8 Å². The van der Waals surface area contributed by atoms with E-state index in [-0.39, 0.29) is 5.91 Å². The first-order valence-corrected chi connectivity index (χ1v) is 8.24. The molecule has 0 bridgehead atoms. The molecule has 1 fully saturated rings. The average Bonchev–Trinajstić information content (AvgIpc) is 3.11. The molecule has 112 valence electrons.